The predicted octanol–water partition coefficient (Wildman–Crippen LogP) is 2.51. The van der Waals surface area contributed by atoms with Crippen molar-refractivity contribution >= 4 is 21.9 Å². The Hall–Kier alpha value is -1.27. The van der Waals surface area contributed by atoms with Crippen LogP contribution in [0.1, 0.15) is 25.3 Å². The van der Waals surface area contributed by atoms with E-state index < -0.39 is 12.0 Å². The predicted molar refractivity (Wildman–Crippen MR) is 75.5 cm³/mol. The lowest BCUT2D eigenvalue weighted by Crippen LogP contribution is -2.35. The minimum Gasteiger partial charge on any atom is -0.503 e. The minimum atomic E-state index is -0.855. The summed E-state index contributed by atoms with van der Waals surface area (Å²) in [4.78, 5) is 11.0. The molecule has 0 aliphatic heterocycles. The molecule has 0 amide bonds. The van der Waals surface area contributed by atoms with Gasteiger partial charge in [-0.15, -0.1) is 0 Å². The Morgan fingerprint density at radius 1 is 1.53 bits per heavy atom. The summed E-state index contributed by atoms with van der Waals surface area (Å²) in [7, 11) is 1.47. The van der Waals surface area contributed by atoms with Gasteiger partial charge in [0.1, 0.15) is 6.04 Å². The van der Waals surface area contributed by atoms with Crippen molar-refractivity contribution < 1.29 is 19.7 Å². The first-order chi connectivity index (χ1) is 8.99. The van der Waals surface area contributed by atoms with Crippen molar-refractivity contribution in [1.82, 2.24) is 5.32 Å². The standard InChI is InChI=1S/C13H18BrNO4/c1-3-4-10(13(17)18)15-7-8-5-9(14)12(16)11(6-8)19-2/h5-6,10,15-16H,3-4,7H2,1-2H3,(H,17,18). The van der Waals surface area contributed by atoms with Crippen LogP contribution in [0.2, 0.25) is 0 Å². The van der Waals surface area contributed by atoms with Gasteiger partial charge in [0.05, 0.1) is 11.6 Å². The molecule has 106 valence electrons. The summed E-state index contributed by atoms with van der Waals surface area (Å²) in [5.41, 5.74) is 0.837. The minimum absolute atomic E-state index is 0.0367. The number of halogens is 1. The van der Waals surface area contributed by atoms with E-state index >= 15 is 0 Å². The van der Waals surface area contributed by atoms with Crippen LogP contribution in [0.15, 0.2) is 16.6 Å². The van der Waals surface area contributed by atoms with Crippen molar-refractivity contribution in [2.75, 3.05) is 7.11 Å². The number of aromatic hydroxyl groups is 1. The van der Waals surface area contributed by atoms with Crippen molar-refractivity contribution in [1.29, 1.82) is 0 Å². The van der Waals surface area contributed by atoms with Gasteiger partial charge in [0.15, 0.2) is 11.5 Å². The summed E-state index contributed by atoms with van der Waals surface area (Å²) >= 11 is 3.23. The fourth-order valence-electron chi connectivity index (χ4n) is 1.73. The molecule has 3 N–H and O–H groups in total. The SMILES string of the molecule is CCCC(NCc1cc(Br)c(O)c(OC)c1)C(=O)O. The lowest BCUT2D eigenvalue weighted by molar-refractivity contribution is -0.139. The summed E-state index contributed by atoms with van der Waals surface area (Å²) in [5.74, 6) is -0.463. The van der Waals surface area contributed by atoms with Crippen molar-refractivity contribution in [2.24, 2.45) is 0 Å². The van der Waals surface area contributed by atoms with Crippen molar-refractivity contribution in [3.63, 3.8) is 0 Å². The number of phenolic OH excluding ortho intramolecular Hbond substituents is 1. The third kappa shape index (κ3) is 4.40. The van der Waals surface area contributed by atoms with E-state index in [9.17, 15) is 9.90 Å². The number of benzene rings is 1. The summed E-state index contributed by atoms with van der Waals surface area (Å²) in [5, 5.41) is 21.7. The quantitative estimate of drug-likeness (QED) is 0.715. The summed E-state index contributed by atoms with van der Waals surface area (Å²) in [6, 6.07) is 2.84. The smallest absolute Gasteiger partial charge is 0.320 e. The Morgan fingerprint density at radius 3 is 2.74 bits per heavy atom. The molecule has 19 heavy (non-hydrogen) atoms. The molecule has 0 aliphatic rings. The Balaban J connectivity index is 2.77. The molecule has 0 spiro atoms. The summed E-state index contributed by atoms with van der Waals surface area (Å²) in [6.07, 6.45) is 1.37. The monoisotopic (exact) mass is 331 g/mol. The van der Waals surface area contributed by atoms with Crippen LogP contribution in [0.25, 0.3) is 0 Å². The number of ether oxygens (including phenoxy) is 1. The Morgan fingerprint density at radius 2 is 2.21 bits per heavy atom. The molecule has 0 fully saturated rings. The molecule has 6 heteroatoms. The number of methoxy groups -OCH3 is 1. The molecule has 0 heterocycles. The second kappa shape index (κ2) is 7.35. The summed E-state index contributed by atoms with van der Waals surface area (Å²) in [6.45, 7) is 2.34. The van der Waals surface area contributed by atoms with Gasteiger partial charge in [-0.2, -0.15) is 0 Å². The lowest BCUT2D eigenvalue weighted by Gasteiger charge is -2.14. The second-order valence-electron chi connectivity index (χ2n) is 4.19. The molecule has 5 nitrogen and oxygen atoms in total. The number of carboxylic acid groups (broad SMARTS) is 1. The highest BCUT2D eigenvalue weighted by Gasteiger charge is 2.16. The van der Waals surface area contributed by atoms with Gasteiger partial charge in [-0.25, -0.2) is 0 Å². The first-order valence-corrected chi connectivity index (χ1v) is 6.80. The number of nitrogens with one attached hydrogen (secondary N) is 1. The Labute approximate surface area is 120 Å². The number of carboxylic acids is 1. The average molecular weight is 332 g/mol. The fraction of sp³-hybridized carbons (Fsp3) is 0.462. The van der Waals surface area contributed by atoms with E-state index in [0.717, 1.165) is 12.0 Å². The number of hydrogen-bond donors (Lipinski definition) is 3. The molecular formula is C13H18BrNO4. The molecule has 1 atom stereocenters. The van der Waals surface area contributed by atoms with E-state index in [1.165, 1.54) is 7.11 Å². The largest absolute Gasteiger partial charge is 0.503 e. The molecule has 0 bridgehead atoms. The van der Waals surface area contributed by atoms with E-state index in [2.05, 4.69) is 21.2 Å². The molecule has 1 aromatic rings. The van der Waals surface area contributed by atoms with Crippen LogP contribution in [-0.4, -0.2) is 29.3 Å². The van der Waals surface area contributed by atoms with Gasteiger partial charge in [-0.3, -0.25) is 4.79 Å². The van der Waals surface area contributed by atoms with Crippen LogP contribution >= 0.6 is 15.9 Å². The van der Waals surface area contributed by atoms with Crippen LogP contribution in [0.3, 0.4) is 0 Å². The molecular weight excluding hydrogens is 314 g/mol. The van der Waals surface area contributed by atoms with Crippen LogP contribution in [0.4, 0.5) is 0 Å². The number of aliphatic carboxylic acids is 1. The number of rotatable bonds is 7. The zero-order valence-electron chi connectivity index (χ0n) is 10.9. The molecule has 0 saturated heterocycles. The molecule has 1 unspecified atom stereocenters. The summed E-state index contributed by atoms with van der Waals surface area (Å²) < 4.78 is 5.56. The maximum absolute atomic E-state index is 11.0. The zero-order chi connectivity index (χ0) is 14.4. The van der Waals surface area contributed by atoms with E-state index in [1.807, 2.05) is 6.92 Å². The van der Waals surface area contributed by atoms with Gasteiger partial charge in [-0.1, -0.05) is 13.3 Å². The highest BCUT2D eigenvalue weighted by Crippen LogP contribution is 2.35. The lowest BCUT2D eigenvalue weighted by atomic mass is 10.1. The van der Waals surface area contributed by atoms with Crippen LogP contribution < -0.4 is 10.1 Å². The van der Waals surface area contributed by atoms with E-state index in [-0.39, 0.29) is 5.75 Å². The third-order valence-electron chi connectivity index (χ3n) is 2.74. The molecule has 0 radical (unpaired) electrons. The number of carbonyl (C=O) groups is 1. The first-order valence-electron chi connectivity index (χ1n) is 6.01. The van der Waals surface area contributed by atoms with Gasteiger partial charge in [0.2, 0.25) is 0 Å². The normalized spacial score (nSPS) is 12.2. The molecule has 1 rings (SSSR count). The topological polar surface area (TPSA) is 78.8 Å². The highest BCUT2D eigenvalue weighted by molar-refractivity contribution is 9.10. The number of phenols is 1. The van der Waals surface area contributed by atoms with Crippen molar-refractivity contribution in [3.8, 4) is 11.5 Å². The van der Waals surface area contributed by atoms with E-state index in [4.69, 9.17) is 9.84 Å². The first kappa shape index (κ1) is 15.8. The zero-order valence-corrected chi connectivity index (χ0v) is 12.5. The van der Waals surface area contributed by atoms with Gasteiger partial charge >= 0.3 is 5.97 Å². The second-order valence-corrected chi connectivity index (χ2v) is 5.04. The molecule has 0 aliphatic carbocycles. The van der Waals surface area contributed by atoms with Crippen molar-refractivity contribution in [3.05, 3.63) is 22.2 Å². The van der Waals surface area contributed by atoms with E-state index in [1.54, 1.807) is 12.1 Å². The average Bonchev–Trinajstić information content (AvgIpc) is 2.37. The van der Waals surface area contributed by atoms with Crippen LogP contribution in [0.5, 0.6) is 11.5 Å². The molecule has 1 aromatic carbocycles. The fourth-order valence-corrected chi connectivity index (χ4v) is 2.22. The Kier molecular flexibility index (Phi) is 6.11. The van der Waals surface area contributed by atoms with Gasteiger partial charge in [-0.05, 0) is 40.0 Å². The maximum Gasteiger partial charge on any atom is 0.320 e. The number of hydrogen-bond acceptors (Lipinski definition) is 4. The van der Waals surface area contributed by atoms with Crippen LogP contribution in [-0.2, 0) is 11.3 Å². The molecule has 0 aromatic heterocycles. The van der Waals surface area contributed by atoms with E-state index in [0.29, 0.717) is 23.2 Å². The van der Waals surface area contributed by atoms with Gasteiger partial charge in [0.25, 0.3) is 0 Å². The highest BCUT2D eigenvalue weighted by atomic mass is 79.9. The van der Waals surface area contributed by atoms with Crippen LogP contribution in [0, 0.1) is 0 Å². The maximum atomic E-state index is 11.0. The van der Waals surface area contributed by atoms with Crippen molar-refractivity contribution in [2.45, 2.75) is 32.4 Å². The molecule has 0 saturated carbocycles. The Bertz CT molecular complexity index is 451. The van der Waals surface area contributed by atoms with Gasteiger partial charge < -0.3 is 20.3 Å². The third-order valence-corrected chi connectivity index (χ3v) is 3.34. The van der Waals surface area contributed by atoms with Gasteiger partial charge in [0, 0.05) is 6.54 Å².